The molecule has 0 aromatic carbocycles. The quantitative estimate of drug-likeness (QED) is 0.832. The molecule has 0 saturated carbocycles. The first-order valence-corrected chi connectivity index (χ1v) is 6.71. The molecule has 0 radical (unpaired) electrons. The van der Waals surface area contributed by atoms with Crippen molar-refractivity contribution in [2.45, 2.75) is 47.0 Å². The Morgan fingerprint density at radius 3 is 2.61 bits per heavy atom. The number of hydrogen-bond acceptors (Lipinski definition) is 2. The van der Waals surface area contributed by atoms with Gasteiger partial charge in [-0.15, -0.1) is 0 Å². The third kappa shape index (κ3) is 2.57. The van der Waals surface area contributed by atoms with E-state index in [1.807, 2.05) is 18.7 Å². The molecule has 4 heteroatoms. The third-order valence-electron chi connectivity index (χ3n) is 3.97. The molecule has 4 nitrogen and oxygen atoms in total. The van der Waals surface area contributed by atoms with Crippen molar-refractivity contribution >= 4 is 5.91 Å². The van der Waals surface area contributed by atoms with E-state index in [1.54, 1.807) is 0 Å². The Balaban J connectivity index is 2.15. The van der Waals surface area contributed by atoms with E-state index in [0.29, 0.717) is 5.41 Å². The second-order valence-corrected chi connectivity index (χ2v) is 6.12. The number of carbonyl (C=O) groups is 1. The van der Waals surface area contributed by atoms with Gasteiger partial charge in [-0.05, 0) is 38.5 Å². The number of nitrogens with zero attached hydrogens (tertiary/aromatic N) is 2. The van der Waals surface area contributed by atoms with Crippen LogP contribution in [0.4, 0.5) is 0 Å². The zero-order valence-electron chi connectivity index (χ0n) is 11.8. The van der Waals surface area contributed by atoms with E-state index in [9.17, 15) is 4.79 Å². The minimum absolute atomic E-state index is 0.136. The predicted molar refractivity (Wildman–Crippen MR) is 71.6 cm³/mol. The highest BCUT2D eigenvalue weighted by Crippen LogP contribution is 2.30. The molecule has 100 valence electrons. The third-order valence-corrected chi connectivity index (χ3v) is 3.97. The fourth-order valence-corrected chi connectivity index (χ4v) is 2.65. The zero-order chi connectivity index (χ0) is 13.3. The molecule has 1 aromatic heterocycles. The van der Waals surface area contributed by atoms with E-state index in [0.717, 1.165) is 42.9 Å². The molecular weight excluding hydrogens is 226 g/mol. The van der Waals surface area contributed by atoms with Gasteiger partial charge in [0, 0.05) is 18.8 Å². The molecule has 0 atom stereocenters. The summed E-state index contributed by atoms with van der Waals surface area (Å²) < 4.78 is 0. The first-order chi connectivity index (χ1) is 8.41. The van der Waals surface area contributed by atoms with E-state index in [4.69, 9.17) is 0 Å². The van der Waals surface area contributed by atoms with Crippen molar-refractivity contribution in [2.24, 2.45) is 5.41 Å². The van der Waals surface area contributed by atoms with Gasteiger partial charge in [-0.3, -0.25) is 9.89 Å². The number of aromatic nitrogens is 2. The summed E-state index contributed by atoms with van der Waals surface area (Å²) in [6.07, 6.45) is 3.36. The lowest BCUT2D eigenvalue weighted by Gasteiger charge is -2.23. The van der Waals surface area contributed by atoms with Gasteiger partial charge >= 0.3 is 0 Å². The monoisotopic (exact) mass is 249 g/mol. The van der Waals surface area contributed by atoms with Crippen molar-refractivity contribution in [3.63, 3.8) is 0 Å². The highest BCUT2D eigenvalue weighted by atomic mass is 16.2. The summed E-state index contributed by atoms with van der Waals surface area (Å²) >= 11 is 0. The number of aromatic amines is 1. The van der Waals surface area contributed by atoms with Gasteiger partial charge in [0.2, 0.25) is 0 Å². The minimum atomic E-state index is 0.136. The highest BCUT2D eigenvalue weighted by Gasteiger charge is 2.27. The van der Waals surface area contributed by atoms with Gasteiger partial charge in [-0.25, -0.2) is 0 Å². The summed E-state index contributed by atoms with van der Waals surface area (Å²) in [5, 5.41) is 7.00. The number of aryl methyl sites for hydroxylation is 2. The molecule has 1 aliphatic rings. The molecule has 1 amide bonds. The Hall–Kier alpha value is -1.32. The number of carbonyl (C=O) groups excluding carboxylic acids is 1. The van der Waals surface area contributed by atoms with E-state index < -0.39 is 0 Å². The molecule has 0 unspecified atom stereocenters. The van der Waals surface area contributed by atoms with E-state index >= 15 is 0 Å². The lowest BCUT2D eigenvalue weighted by Crippen LogP contribution is -2.33. The van der Waals surface area contributed by atoms with Crippen molar-refractivity contribution in [1.29, 1.82) is 0 Å². The molecule has 1 aliphatic heterocycles. The summed E-state index contributed by atoms with van der Waals surface area (Å²) in [4.78, 5) is 14.5. The molecule has 1 aromatic rings. The van der Waals surface area contributed by atoms with Crippen molar-refractivity contribution in [2.75, 3.05) is 13.1 Å². The molecule has 0 aliphatic carbocycles. The number of likely N-dealkylation sites (tertiary alicyclic amines) is 1. The van der Waals surface area contributed by atoms with Crippen LogP contribution in [0.1, 0.15) is 54.9 Å². The van der Waals surface area contributed by atoms with Gasteiger partial charge < -0.3 is 4.90 Å². The van der Waals surface area contributed by atoms with Gasteiger partial charge in [0.05, 0.1) is 11.3 Å². The Kier molecular flexibility index (Phi) is 3.46. The van der Waals surface area contributed by atoms with Crippen LogP contribution in [0.15, 0.2) is 0 Å². The number of hydrogen-bond donors (Lipinski definition) is 1. The molecule has 1 saturated heterocycles. The Labute approximate surface area is 109 Å². The number of H-pyrrole nitrogens is 1. The van der Waals surface area contributed by atoms with Gasteiger partial charge in [-0.1, -0.05) is 13.8 Å². The lowest BCUT2D eigenvalue weighted by atomic mass is 9.85. The Morgan fingerprint density at radius 2 is 2.00 bits per heavy atom. The molecular formula is C14H23N3O. The molecule has 18 heavy (non-hydrogen) atoms. The first-order valence-electron chi connectivity index (χ1n) is 6.71. The maximum Gasteiger partial charge on any atom is 0.257 e. The maximum atomic E-state index is 12.5. The van der Waals surface area contributed by atoms with Gasteiger partial charge in [0.25, 0.3) is 5.91 Å². The summed E-state index contributed by atoms with van der Waals surface area (Å²) in [6, 6.07) is 0. The van der Waals surface area contributed by atoms with Gasteiger partial charge in [-0.2, -0.15) is 5.10 Å². The molecule has 0 bridgehead atoms. The van der Waals surface area contributed by atoms with E-state index in [2.05, 4.69) is 24.0 Å². The van der Waals surface area contributed by atoms with Crippen LogP contribution < -0.4 is 0 Å². The number of nitrogens with one attached hydrogen (secondary N) is 1. The molecule has 2 heterocycles. The fraction of sp³-hybridized carbons (Fsp3) is 0.714. The van der Waals surface area contributed by atoms with Crippen LogP contribution in [0.2, 0.25) is 0 Å². The second kappa shape index (κ2) is 4.75. The maximum absolute atomic E-state index is 12.5. The van der Waals surface area contributed by atoms with Crippen LogP contribution in [0.5, 0.6) is 0 Å². The summed E-state index contributed by atoms with van der Waals surface area (Å²) in [5.41, 5.74) is 2.80. The van der Waals surface area contributed by atoms with Crippen molar-refractivity contribution < 1.29 is 4.79 Å². The molecule has 1 N–H and O–H groups in total. The van der Waals surface area contributed by atoms with E-state index in [1.165, 1.54) is 6.42 Å². The highest BCUT2D eigenvalue weighted by molar-refractivity contribution is 5.96. The van der Waals surface area contributed by atoms with Crippen LogP contribution in [-0.4, -0.2) is 34.1 Å². The Morgan fingerprint density at radius 1 is 1.28 bits per heavy atom. The fourth-order valence-electron chi connectivity index (χ4n) is 2.65. The standard InChI is InChI=1S/C14H23N3O/c1-10-12(11(2)16-15-10)13(18)17-8-5-6-14(3,4)7-9-17/h5-9H2,1-4H3,(H,15,16). The van der Waals surface area contributed by atoms with Gasteiger partial charge in [0.1, 0.15) is 0 Å². The van der Waals surface area contributed by atoms with Crippen LogP contribution in [0.25, 0.3) is 0 Å². The normalized spacial score (nSPS) is 19.7. The summed E-state index contributed by atoms with van der Waals surface area (Å²) in [5.74, 6) is 0.136. The van der Waals surface area contributed by atoms with Crippen molar-refractivity contribution in [3.05, 3.63) is 17.0 Å². The van der Waals surface area contributed by atoms with E-state index in [-0.39, 0.29) is 5.91 Å². The molecule has 1 fully saturated rings. The van der Waals surface area contributed by atoms with Crippen molar-refractivity contribution in [1.82, 2.24) is 15.1 Å². The topological polar surface area (TPSA) is 49.0 Å². The lowest BCUT2D eigenvalue weighted by molar-refractivity contribution is 0.0756. The van der Waals surface area contributed by atoms with Crippen molar-refractivity contribution in [3.8, 4) is 0 Å². The number of amides is 1. The zero-order valence-corrected chi connectivity index (χ0v) is 11.8. The van der Waals surface area contributed by atoms with Crippen LogP contribution in [-0.2, 0) is 0 Å². The predicted octanol–water partition coefficient (Wildman–Crippen LogP) is 2.68. The average Bonchev–Trinajstić information content (AvgIpc) is 2.51. The number of rotatable bonds is 1. The van der Waals surface area contributed by atoms with Crippen LogP contribution in [0, 0.1) is 19.3 Å². The smallest absolute Gasteiger partial charge is 0.257 e. The van der Waals surface area contributed by atoms with Gasteiger partial charge in [0.15, 0.2) is 0 Å². The summed E-state index contributed by atoms with van der Waals surface area (Å²) in [7, 11) is 0. The second-order valence-electron chi connectivity index (χ2n) is 6.12. The molecule has 0 spiro atoms. The summed E-state index contributed by atoms with van der Waals surface area (Å²) in [6.45, 7) is 10.1. The Bertz CT molecular complexity index is 428. The minimum Gasteiger partial charge on any atom is -0.339 e. The SMILES string of the molecule is Cc1n[nH]c(C)c1C(=O)N1CCCC(C)(C)CC1. The van der Waals surface area contributed by atoms with Crippen LogP contribution in [0.3, 0.4) is 0 Å². The largest absolute Gasteiger partial charge is 0.339 e. The van der Waals surface area contributed by atoms with Crippen LogP contribution >= 0.6 is 0 Å². The first kappa shape index (κ1) is 13.1. The average molecular weight is 249 g/mol. The molecule has 2 rings (SSSR count).